The van der Waals surface area contributed by atoms with Crippen LogP contribution in [-0.4, -0.2) is 22.4 Å². The molecular weight excluding hydrogens is 394 g/mol. The standard InChI is InChI=1S/C24H25N3O2S/c1-15-4-8-19(9-5-15)23(29)26-24-27(16(2)17(3)30-24)14-18-6-10-20(11-7-18)22(28)25-21-12-13-21/h4-11,21H,12-14H2,1-3H3,(H,25,28). The minimum absolute atomic E-state index is 0.0151. The van der Waals surface area contributed by atoms with Gasteiger partial charge in [0.15, 0.2) is 4.80 Å². The topological polar surface area (TPSA) is 63.5 Å². The molecule has 4 rings (SSSR count). The summed E-state index contributed by atoms with van der Waals surface area (Å²) in [6, 6.07) is 15.5. The van der Waals surface area contributed by atoms with Gasteiger partial charge in [0.05, 0.1) is 6.54 Å². The number of nitrogens with zero attached hydrogens (tertiary/aromatic N) is 2. The van der Waals surface area contributed by atoms with E-state index in [-0.39, 0.29) is 11.8 Å². The third kappa shape index (κ3) is 4.60. The second-order valence-electron chi connectivity index (χ2n) is 7.84. The second-order valence-corrected chi connectivity index (χ2v) is 9.02. The monoisotopic (exact) mass is 419 g/mol. The predicted molar refractivity (Wildman–Crippen MR) is 119 cm³/mol. The van der Waals surface area contributed by atoms with Crippen LogP contribution in [0.25, 0.3) is 0 Å². The van der Waals surface area contributed by atoms with Gasteiger partial charge >= 0.3 is 0 Å². The zero-order chi connectivity index (χ0) is 21.3. The molecule has 0 saturated heterocycles. The Morgan fingerprint density at radius 2 is 1.63 bits per heavy atom. The largest absolute Gasteiger partial charge is 0.349 e. The van der Waals surface area contributed by atoms with Crippen molar-refractivity contribution in [2.45, 2.75) is 46.2 Å². The molecule has 2 amide bonds. The van der Waals surface area contributed by atoms with Gasteiger partial charge in [0, 0.05) is 27.7 Å². The fourth-order valence-corrected chi connectivity index (χ4v) is 4.13. The minimum atomic E-state index is -0.239. The van der Waals surface area contributed by atoms with E-state index in [0.29, 0.717) is 28.5 Å². The van der Waals surface area contributed by atoms with E-state index in [9.17, 15) is 9.59 Å². The van der Waals surface area contributed by atoms with Crippen LogP contribution >= 0.6 is 11.3 Å². The number of nitrogens with one attached hydrogen (secondary N) is 1. The van der Waals surface area contributed by atoms with Gasteiger partial charge in [0.1, 0.15) is 0 Å². The summed E-state index contributed by atoms with van der Waals surface area (Å²) < 4.78 is 2.06. The van der Waals surface area contributed by atoms with Crippen molar-refractivity contribution in [3.05, 3.63) is 86.2 Å². The number of amides is 2. The predicted octanol–water partition coefficient (Wildman–Crippen LogP) is 4.16. The molecule has 154 valence electrons. The molecule has 0 radical (unpaired) electrons. The maximum absolute atomic E-state index is 12.6. The fourth-order valence-electron chi connectivity index (χ4n) is 3.16. The summed E-state index contributed by atoms with van der Waals surface area (Å²) in [4.78, 5) is 31.0. The Labute approximate surface area is 180 Å². The van der Waals surface area contributed by atoms with Crippen molar-refractivity contribution in [1.82, 2.24) is 9.88 Å². The van der Waals surface area contributed by atoms with E-state index >= 15 is 0 Å². The summed E-state index contributed by atoms with van der Waals surface area (Å²) in [5.74, 6) is -0.254. The lowest BCUT2D eigenvalue weighted by Crippen LogP contribution is -2.25. The van der Waals surface area contributed by atoms with Gasteiger partial charge < -0.3 is 9.88 Å². The fraction of sp³-hybridized carbons (Fsp3) is 0.292. The number of carbonyl (C=O) groups excluding carboxylic acids is 2. The zero-order valence-corrected chi connectivity index (χ0v) is 18.3. The van der Waals surface area contributed by atoms with E-state index in [1.54, 1.807) is 0 Å². The van der Waals surface area contributed by atoms with Crippen LogP contribution < -0.4 is 10.1 Å². The third-order valence-corrected chi connectivity index (χ3v) is 6.45. The van der Waals surface area contributed by atoms with Gasteiger partial charge in [-0.2, -0.15) is 4.99 Å². The van der Waals surface area contributed by atoms with Crippen molar-refractivity contribution in [1.29, 1.82) is 0 Å². The molecule has 0 spiro atoms. The van der Waals surface area contributed by atoms with Crippen molar-refractivity contribution >= 4 is 23.2 Å². The van der Waals surface area contributed by atoms with E-state index < -0.39 is 0 Å². The van der Waals surface area contributed by atoms with Crippen LogP contribution in [-0.2, 0) is 6.54 Å². The highest BCUT2D eigenvalue weighted by atomic mass is 32.1. The van der Waals surface area contributed by atoms with Crippen LogP contribution in [0.5, 0.6) is 0 Å². The Morgan fingerprint density at radius 1 is 1.00 bits per heavy atom. The molecule has 1 N–H and O–H groups in total. The van der Waals surface area contributed by atoms with Gasteiger partial charge in [0.25, 0.3) is 11.8 Å². The molecule has 1 fully saturated rings. The Morgan fingerprint density at radius 3 is 2.27 bits per heavy atom. The summed E-state index contributed by atoms with van der Waals surface area (Å²) >= 11 is 1.52. The molecule has 6 heteroatoms. The van der Waals surface area contributed by atoms with Crippen LogP contribution in [0.3, 0.4) is 0 Å². The summed E-state index contributed by atoms with van der Waals surface area (Å²) in [6.45, 7) is 6.67. The molecule has 1 heterocycles. The number of rotatable bonds is 5. The van der Waals surface area contributed by atoms with E-state index in [1.165, 1.54) is 11.3 Å². The molecule has 0 aliphatic heterocycles. The van der Waals surface area contributed by atoms with Crippen LogP contribution in [0.4, 0.5) is 0 Å². The van der Waals surface area contributed by atoms with Gasteiger partial charge in [-0.15, -0.1) is 11.3 Å². The molecule has 2 aromatic carbocycles. The van der Waals surface area contributed by atoms with Gasteiger partial charge in [-0.25, -0.2) is 0 Å². The first-order valence-corrected chi connectivity index (χ1v) is 10.9. The molecule has 3 aromatic rings. The molecule has 1 aliphatic rings. The highest BCUT2D eigenvalue weighted by molar-refractivity contribution is 7.09. The lowest BCUT2D eigenvalue weighted by molar-refractivity contribution is 0.0949. The SMILES string of the molecule is Cc1ccc(C(=O)N=c2sc(C)c(C)n2Cc2ccc(C(=O)NC3CC3)cc2)cc1. The summed E-state index contributed by atoms with van der Waals surface area (Å²) in [5, 5.41) is 3.01. The zero-order valence-electron chi connectivity index (χ0n) is 17.4. The number of aryl methyl sites for hydroxylation is 2. The van der Waals surface area contributed by atoms with Gasteiger partial charge in [-0.1, -0.05) is 29.8 Å². The third-order valence-electron chi connectivity index (χ3n) is 5.35. The van der Waals surface area contributed by atoms with Crippen molar-refractivity contribution in [2.75, 3.05) is 0 Å². The smallest absolute Gasteiger partial charge is 0.279 e. The Balaban J connectivity index is 1.57. The van der Waals surface area contributed by atoms with Crippen molar-refractivity contribution in [2.24, 2.45) is 4.99 Å². The van der Waals surface area contributed by atoms with E-state index in [0.717, 1.165) is 34.5 Å². The maximum Gasteiger partial charge on any atom is 0.279 e. The summed E-state index contributed by atoms with van der Waals surface area (Å²) in [5.41, 5.74) is 4.52. The van der Waals surface area contributed by atoms with Crippen molar-refractivity contribution in [3.63, 3.8) is 0 Å². The van der Waals surface area contributed by atoms with Gasteiger partial charge in [-0.05, 0) is 63.4 Å². The van der Waals surface area contributed by atoms with Crippen LogP contribution in [0.2, 0.25) is 0 Å². The first-order valence-electron chi connectivity index (χ1n) is 10.1. The van der Waals surface area contributed by atoms with E-state index in [4.69, 9.17) is 0 Å². The average Bonchev–Trinajstić information content (AvgIpc) is 3.51. The molecule has 1 aromatic heterocycles. The van der Waals surface area contributed by atoms with Crippen LogP contribution in [0.15, 0.2) is 53.5 Å². The molecular formula is C24H25N3O2S. The highest BCUT2D eigenvalue weighted by Gasteiger charge is 2.23. The summed E-state index contributed by atoms with van der Waals surface area (Å²) in [6.07, 6.45) is 2.15. The first-order chi connectivity index (χ1) is 14.4. The lowest BCUT2D eigenvalue weighted by Gasteiger charge is -2.08. The minimum Gasteiger partial charge on any atom is -0.349 e. The molecule has 30 heavy (non-hydrogen) atoms. The van der Waals surface area contributed by atoms with Crippen molar-refractivity contribution < 1.29 is 9.59 Å². The van der Waals surface area contributed by atoms with Gasteiger partial charge in [0.2, 0.25) is 0 Å². The van der Waals surface area contributed by atoms with Crippen LogP contribution in [0.1, 0.15) is 55.3 Å². The number of thiazole rings is 1. The maximum atomic E-state index is 12.6. The highest BCUT2D eigenvalue weighted by Crippen LogP contribution is 2.19. The van der Waals surface area contributed by atoms with Gasteiger partial charge in [-0.3, -0.25) is 9.59 Å². The number of aromatic nitrogens is 1. The molecule has 1 aliphatic carbocycles. The van der Waals surface area contributed by atoms with E-state index in [1.807, 2.05) is 69.3 Å². The lowest BCUT2D eigenvalue weighted by atomic mass is 10.1. The molecule has 1 saturated carbocycles. The van der Waals surface area contributed by atoms with Crippen LogP contribution in [0, 0.1) is 20.8 Å². The number of carbonyl (C=O) groups is 2. The molecule has 0 bridgehead atoms. The van der Waals surface area contributed by atoms with Crippen molar-refractivity contribution in [3.8, 4) is 0 Å². The average molecular weight is 420 g/mol. The number of hydrogen-bond acceptors (Lipinski definition) is 3. The first kappa shape index (κ1) is 20.3. The Bertz CT molecular complexity index is 1150. The second kappa shape index (κ2) is 8.40. The number of hydrogen-bond donors (Lipinski definition) is 1. The Hall–Kier alpha value is -2.99. The molecule has 5 nitrogen and oxygen atoms in total. The van der Waals surface area contributed by atoms with E-state index in [2.05, 4.69) is 14.9 Å². The number of benzene rings is 2. The Kier molecular flexibility index (Phi) is 5.68. The normalized spacial score (nSPS) is 14.0. The molecule has 0 unspecified atom stereocenters. The quantitative estimate of drug-likeness (QED) is 0.675. The molecule has 0 atom stereocenters. The summed E-state index contributed by atoms with van der Waals surface area (Å²) in [7, 11) is 0.